The van der Waals surface area contributed by atoms with Gasteiger partial charge in [-0.3, -0.25) is 15.0 Å². The van der Waals surface area contributed by atoms with E-state index in [0.29, 0.717) is 0 Å². The maximum absolute atomic E-state index is 4.60. The van der Waals surface area contributed by atoms with Gasteiger partial charge in [-0.1, -0.05) is 26.8 Å². The average Bonchev–Trinajstić information content (AvgIpc) is 3.24. The van der Waals surface area contributed by atoms with Gasteiger partial charge in [0, 0.05) is 42.5 Å². The van der Waals surface area contributed by atoms with Gasteiger partial charge in [-0.25, -0.2) is 4.98 Å². The van der Waals surface area contributed by atoms with Crippen molar-refractivity contribution in [2.24, 2.45) is 0 Å². The molecule has 4 rings (SSSR count). The average molecular weight is 336 g/mol. The zero-order chi connectivity index (χ0) is 17.4. The third-order valence-corrected chi connectivity index (χ3v) is 4.77. The molecular weight excluding hydrogens is 312 g/mol. The fourth-order valence-corrected chi connectivity index (χ4v) is 3.41. The van der Waals surface area contributed by atoms with Gasteiger partial charge in [0.2, 0.25) is 0 Å². The van der Waals surface area contributed by atoms with E-state index >= 15 is 0 Å². The molecule has 3 aromatic heterocycles. The number of hydrogen-bond donors (Lipinski definition) is 2. The summed E-state index contributed by atoms with van der Waals surface area (Å²) in [5.74, 6) is 0. The van der Waals surface area contributed by atoms with Crippen molar-refractivity contribution in [3.8, 4) is 0 Å². The minimum Gasteiger partial charge on any atom is -0.348 e. The molecule has 0 aromatic carbocycles. The number of H-pyrrole nitrogens is 2. The Morgan fingerprint density at radius 1 is 1.24 bits per heavy atom. The van der Waals surface area contributed by atoms with Crippen LogP contribution < -0.4 is 0 Å². The van der Waals surface area contributed by atoms with Crippen LogP contribution in [0.1, 0.15) is 55.3 Å². The maximum Gasteiger partial charge on any atom is 0.0971 e. The molecule has 0 unspecified atom stereocenters. The minimum absolute atomic E-state index is 0.0480. The molecule has 2 N–H and O–H groups in total. The number of hydrogen-bond acceptors (Lipinski definition) is 4. The van der Waals surface area contributed by atoms with Gasteiger partial charge < -0.3 is 4.98 Å². The molecule has 0 radical (unpaired) electrons. The lowest BCUT2D eigenvalue weighted by Crippen LogP contribution is -2.36. The highest BCUT2D eigenvalue weighted by molar-refractivity contribution is 5.29. The molecule has 1 aliphatic rings. The predicted octanol–water partition coefficient (Wildman–Crippen LogP) is 2.97. The smallest absolute Gasteiger partial charge is 0.0971 e. The summed E-state index contributed by atoms with van der Waals surface area (Å²) in [7, 11) is 0. The lowest BCUT2D eigenvalue weighted by Gasteiger charge is -2.34. The molecule has 3 aromatic rings. The molecule has 0 saturated heterocycles. The summed E-state index contributed by atoms with van der Waals surface area (Å²) >= 11 is 0. The summed E-state index contributed by atoms with van der Waals surface area (Å²) in [6.07, 6.45) is 4.61. The summed E-state index contributed by atoms with van der Waals surface area (Å²) in [5, 5.41) is 7.71. The van der Waals surface area contributed by atoms with Gasteiger partial charge >= 0.3 is 0 Å². The van der Waals surface area contributed by atoms with Gasteiger partial charge in [-0.05, 0) is 18.2 Å². The van der Waals surface area contributed by atoms with E-state index in [1.807, 2.05) is 18.3 Å². The molecule has 0 fully saturated rings. The molecule has 6 heteroatoms. The second-order valence-electron chi connectivity index (χ2n) is 7.67. The largest absolute Gasteiger partial charge is 0.348 e. The number of nitrogens with one attached hydrogen (secondary N) is 2. The molecule has 0 saturated carbocycles. The van der Waals surface area contributed by atoms with E-state index in [1.165, 1.54) is 5.69 Å². The van der Waals surface area contributed by atoms with Crippen LogP contribution in [0.25, 0.3) is 0 Å². The van der Waals surface area contributed by atoms with Gasteiger partial charge in [-0.2, -0.15) is 5.10 Å². The Bertz CT molecular complexity index is 842. The van der Waals surface area contributed by atoms with Crippen molar-refractivity contribution in [2.75, 3.05) is 6.54 Å². The first kappa shape index (κ1) is 16.0. The Morgan fingerprint density at radius 3 is 2.84 bits per heavy atom. The van der Waals surface area contributed by atoms with Gasteiger partial charge in [-0.15, -0.1) is 0 Å². The van der Waals surface area contributed by atoms with Gasteiger partial charge in [0.05, 0.1) is 29.5 Å². The Balaban J connectivity index is 1.65. The standard InChI is InChI=1S/C19H24N6/c1-19(2,3)16-10-13(23-24-16)11-25-9-7-14-17(22-12-21-14)18(25)15-6-4-5-8-20-15/h4-6,8,10,12,18H,7,9,11H2,1-3H3,(H,21,22)(H,23,24)/t18-/m1/s1. The first-order valence-electron chi connectivity index (χ1n) is 8.74. The molecule has 6 nitrogen and oxygen atoms in total. The lowest BCUT2D eigenvalue weighted by atomic mass is 9.92. The number of nitrogens with zero attached hydrogens (tertiary/aromatic N) is 4. The fourth-order valence-electron chi connectivity index (χ4n) is 3.41. The van der Waals surface area contributed by atoms with E-state index in [2.05, 4.69) is 63.0 Å². The minimum atomic E-state index is 0.0480. The molecule has 0 bridgehead atoms. The molecule has 4 heterocycles. The van der Waals surface area contributed by atoms with Crippen molar-refractivity contribution in [1.82, 2.24) is 30.0 Å². The predicted molar refractivity (Wildman–Crippen MR) is 96.1 cm³/mol. The molecule has 0 amide bonds. The second kappa shape index (κ2) is 6.11. The van der Waals surface area contributed by atoms with E-state index in [9.17, 15) is 0 Å². The van der Waals surface area contributed by atoms with Crippen molar-refractivity contribution in [2.45, 2.75) is 45.2 Å². The van der Waals surface area contributed by atoms with Crippen LogP contribution >= 0.6 is 0 Å². The molecule has 25 heavy (non-hydrogen) atoms. The summed E-state index contributed by atoms with van der Waals surface area (Å²) < 4.78 is 0. The van der Waals surface area contributed by atoms with Crippen LogP contribution in [0.4, 0.5) is 0 Å². The van der Waals surface area contributed by atoms with Crippen molar-refractivity contribution in [1.29, 1.82) is 0 Å². The second-order valence-corrected chi connectivity index (χ2v) is 7.67. The highest BCUT2D eigenvalue weighted by atomic mass is 15.2. The van der Waals surface area contributed by atoms with E-state index < -0.39 is 0 Å². The molecule has 1 aliphatic heterocycles. The van der Waals surface area contributed by atoms with Crippen LogP contribution in [0, 0.1) is 0 Å². The van der Waals surface area contributed by atoms with Crippen LogP contribution in [0.5, 0.6) is 0 Å². The zero-order valence-corrected chi connectivity index (χ0v) is 15.0. The van der Waals surface area contributed by atoms with Crippen molar-refractivity contribution < 1.29 is 0 Å². The van der Waals surface area contributed by atoms with Crippen LogP contribution in [0.3, 0.4) is 0 Å². The third kappa shape index (κ3) is 3.09. The summed E-state index contributed by atoms with van der Waals surface area (Å²) in [5.41, 5.74) is 5.60. The van der Waals surface area contributed by atoms with E-state index in [4.69, 9.17) is 0 Å². The summed E-state index contributed by atoms with van der Waals surface area (Å²) in [6.45, 7) is 8.30. The van der Waals surface area contributed by atoms with Gasteiger partial charge in [0.25, 0.3) is 0 Å². The van der Waals surface area contributed by atoms with Crippen LogP contribution in [-0.2, 0) is 18.4 Å². The summed E-state index contributed by atoms with van der Waals surface area (Å²) in [6, 6.07) is 8.31. The molecule has 130 valence electrons. The van der Waals surface area contributed by atoms with Crippen LogP contribution in [0.2, 0.25) is 0 Å². The molecule has 0 spiro atoms. The van der Waals surface area contributed by atoms with Crippen molar-refractivity contribution in [3.05, 3.63) is 65.3 Å². The Hall–Kier alpha value is -2.47. The highest BCUT2D eigenvalue weighted by Gasteiger charge is 2.32. The monoisotopic (exact) mass is 336 g/mol. The quantitative estimate of drug-likeness (QED) is 0.771. The number of aromatic amines is 2. The normalized spacial score (nSPS) is 18.3. The first-order chi connectivity index (χ1) is 12.0. The zero-order valence-electron chi connectivity index (χ0n) is 15.0. The Labute approximate surface area is 147 Å². The number of aromatic nitrogens is 5. The van der Waals surface area contributed by atoms with Crippen LogP contribution in [0.15, 0.2) is 36.8 Å². The maximum atomic E-state index is 4.60. The molecule has 1 atom stereocenters. The van der Waals surface area contributed by atoms with Gasteiger partial charge in [0.1, 0.15) is 0 Å². The number of imidazole rings is 1. The van der Waals surface area contributed by atoms with E-state index in [1.54, 1.807) is 6.33 Å². The Morgan fingerprint density at radius 2 is 2.12 bits per heavy atom. The SMILES string of the molecule is CC(C)(C)c1cc(CN2CCc3[nH]cnc3[C@H]2c2ccccn2)[nH]n1. The van der Waals surface area contributed by atoms with Gasteiger partial charge in [0.15, 0.2) is 0 Å². The van der Waals surface area contributed by atoms with Crippen molar-refractivity contribution in [3.63, 3.8) is 0 Å². The Kier molecular flexibility index (Phi) is 3.92. The van der Waals surface area contributed by atoms with E-state index in [-0.39, 0.29) is 11.5 Å². The number of fused-ring (bicyclic) bond motifs is 1. The number of pyridine rings is 1. The topological polar surface area (TPSA) is 73.5 Å². The number of rotatable bonds is 3. The molecular formula is C19H24N6. The van der Waals surface area contributed by atoms with Crippen LogP contribution in [-0.4, -0.2) is 36.6 Å². The third-order valence-electron chi connectivity index (χ3n) is 4.77. The highest BCUT2D eigenvalue weighted by Crippen LogP contribution is 2.33. The van der Waals surface area contributed by atoms with Crippen molar-refractivity contribution >= 4 is 0 Å². The first-order valence-corrected chi connectivity index (χ1v) is 8.74. The fraction of sp³-hybridized carbons (Fsp3) is 0.421. The lowest BCUT2D eigenvalue weighted by molar-refractivity contribution is 0.194. The molecule has 0 aliphatic carbocycles. The van der Waals surface area contributed by atoms with E-state index in [0.717, 1.165) is 42.3 Å². The summed E-state index contributed by atoms with van der Waals surface area (Å²) in [4.78, 5) is 14.9.